The van der Waals surface area contributed by atoms with Crippen LogP contribution in [0.4, 0.5) is 0 Å². The van der Waals surface area contributed by atoms with E-state index in [1.54, 1.807) is 0 Å². The molecule has 0 bridgehead atoms. The van der Waals surface area contributed by atoms with Crippen LogP contribution in [0.2, 0.25) is 0 Å². The van der Waals surface area contributed by atoms with E-state index in [1.807, 2.05) is 61.5 Å². The van der Waals surface area contributed by atoms with Crippen molar-refractivity contribution in [3.63, 3.8) is 0 Å². The van der Waals surface area contributed by atoms with Crippen molar-refractivity contribution in [2.75, 3.05) is 0 Å². The highest BCUT2D eigenvalue weighted by molar-refractivity contribution is 5.77. The van der Waals surface area contributed by atoms with Crippen molar-refractivity contribution < 1.29 is 4.79 Å². The minimum Gasteiger partial charge on any atom is -0.299 e. The molecule has 0 radical (unpaired) electrons. The van der Waals surface area contributed by atoms with Crippen molar-refractivity contribution in [3.8, 4) is 0 Å². The minimum atomic E-state index is -0.0490. The van der Waals surface area contributed by atoms with E-state index in [2.05, 4.69) is 17.4 Å². The van der Waals surface area contributed by atoms with Gasteiger partial charge in [0.1, 0.15) is 0 Å². The number of hydrogen-bond donors (Lipinski definition) is 2. The fourth-order valence-corrected chi connectivity index (χ4v) is 1.94. The number of amides is 1. The van der Waals surface area contributed by atoms with Crippen molar-refractivity contribution in [1.82, 2.24) is 10.9 Å². The van der Waals surface area contributed by atoms with Gasteiger partial charge in [-0.15, -0.1) is 0 Å². The van der Waals surface area contributed by atoms with Crippen LogP contribution in [0.1, 0.15) is 23.1 Å². The van der Waals surface area contributed by atoms with Crippen LogP contribution in [-0.4, -0.2) is 5.91 Å². The summed E-state index contributed by atoms with van der Waals surface area (Å²) in [4.78, 5) is 11.8. The Kier molecular flexibility index (Phi) is 5.16. The lowest BCUT2D eigenvalue weighted by molar-refractivity contribution is -0.121. The van der Waals surface area contributed by atoms with Gasteiger partial charge in [0.2, 0.25) is 5.91 Å². The molecule has 0 spiro atoms. The molecule has 0 saturated heterocycles. The highest BCUT2D eigenvalue weighted by Gasteiger charge is 2.03. The molecule has 0 aromatic heterocycles. The van der Waals surface area contributed by atoms with Gasteiger partial charge in [-0.25, -0.2) is 0 Å². The van der Waals surface area contributed by atoms with Crippen molar-refractivity contribution in [2.24, 2.45) is 0 Å². The Labute approximate surface area is 125 Å². The number of nitrogens with one attached hydrogen (secondary N) is 2. The largest absolute Gasteiger partial charge is 0.299 e. The quantitative estimate of drug-likeness (QED) is 0.798. The zero-order valence-corrected chi connectivity index (χ0v) is 12.2. The number of carbonyl (C=O) groups is 1. The van der Waals surface area contributed by atoms with E-state index in [4.69, 9.17) is 0 Å². The third-order valence-electron chi connectivity index (χ3n) is 3.24. The first kappa shape index (κ1) is 14.9. The zero-order valence-electron chi connectivity index (χ0n) is 12.2. The molecule has 0 fully saturated rings. The van der Waals surface area contributed by atoms with E-state index in [0.29, 0.717) is 12.1 Å². The molecule has 1 amide bonds. The van der Waals surface area contributed by atoms with Crippen LogP contribution < -0.4 is 10.9 Å². The third-order valence-corrected chi connectivity index (χ3v) is 3.24. The standard InChI is InChI=1S/C18H20N2O/c1-14-8-11-17(12-9-14)15(2)19-20-18(21)13-10-16-6-4-3-5-7-16/h3-9,11-12,19H,2,10,13H2,1H3,(H,20,21). The van der Waals surface area contributed by atoms with Crippen molar-refractivity contribution in [1.29, 1.82) is 0 Å². The van der Waals surface area contributed by atoms with Gasteiger partial charge in [-0.3, -0.25) is 15.6 Å². The monoisotopic (exact) mass is 280 g/mol. The molecule has 3 nitrogen and oxygen atoms in total. The Hall–Kier alpha value is -2.55. The van der Waals surface area contributed by atoms with Crippen LogP contribution in [0.3, 0.4) is 0 Å². The maximum Gasteiger partial charge on any atom is 0.238 e. The smallest absolute Gasteiger partial charge is 0.238 e. The molecule has 0 saturated carbocycles. The molecule has 21 heavy (non-hydrogen) atoms. The lowest BCUT2D eigenvalue weighted by Gasteiger charge is -2.11. The highest BCUT2D eigenvalue weighted by atomic mass is 16.2. The second-order valence-corrected chi connectivity index (χ2v) is 5.00. The summed E-state index contributed by atoms with van der Waals surface area (Å²) in [6.45, 7) is 5.95. The topological polar surface area (TPSA) is 41.1 Å². The minimum absolute atomic E-state index is 0.0490. The van der Waals surface area contributed by atoms with Crippen LogP contribution in [0.25, 0.3) is 5.70 Å². The van der Waals surface area contributed by atoms with Gasteiger partial charge in [0.15, 0.2) is 0 Å². The fraction of sp³-hybridized carbons (Fsp3) is 0.167. The number of hydrazine groups is 1. The summed E-state index contributed by atoms with van der Waals surface area (Å²) in [6, 6.07) is 17.9. The summed E-state index contributed by atoms with van der Waals surface area (Å²) in [5, 5.41) is 0. The summed E-state index contributed by atoms with van der Waals surface area (Å²) >= 11 is 0. The molecule has 0 aliphatic rings. The number of rotatable bonds is 6. The molecule has 0 atom stereocenters. The van der Waals surface area contributed by atoms with Crippen molar-refractivity contribution >= 4 is 11.6 Å². The third kappa shape index (κ3) is 4.80. The first-order valence-electron chi connectivity index (χ1n) is 7.00. The zero-order chi connectivity index (χ0) is 15.1. The van der Waals surface area contributed by atoms with E-state index < -0.39 is 0 Å². The molecule has 0 aliphatic heterocycles. The van der Waals surface area contributed by atoms with Gasteiger partial charge in [-0.05, 0) is 24.5 Å². The van der Waals surface area contributed by atoms with Gasteiger partial charge in [-0.2, -0.15) is 0 Å². The van der Waals surface area contributed by atoms with Gasteiger partial charge in [0, 0.05) is 6.42 Å². The molecule has 2 rings (SSSR count). The maximum absolute atomic E-state index is 11.8. The molecule has 0 aliphatic carbocycles. The van der Waals surface area contributed by atoms with Gasteiger partial charge in [0.05, 0.1) is 5.70 Å². The second-order valence-electron chi connectivity index (χ2n) is 5.00. The average molecular weight is 280 g/mol. The fourth-order valence-electron chi connectivity index (χ4n) is 1.94. The molecular formula is C18H20N2O. The summed E-state index contributed by atoms with van der Waals surface area (Å²) in [6.07, 6.45) is 1.17. The van der Waals surface area contributed by atoms with E-state index in [0.717, 1.165) is 17.5 Å². The van der Waals surface area contributed by atoms with E-state index in [9.17, 15) is 4.79 Å². The lowest BCUT2D eigenvalue weighted by atomic mass is 10.1. The van der Waals surface area contributed by atoms with Crippen molar-refractivity contribution in [2.45, 2.75) is 19.8 Å². The Morgan fingerprint density at radius 2 is 1.67 bits per heavy atom. The Balaban J connectivity index is 1.76. The molecule has 3 heteroatoms. The molecule has 0 heterocycles. The van der Waals surface area contributed by atoms with E-state index >= 15 is 0 Å². The molecular weight excluding hydrogens is 260 g/mol. The number of aryl methyl sites for hydroxylation is 2. The van der Waals surface area contributed by atoms with Crippen molar-refractivity contribution in [3.05, 3.63) is 77.9 Å². The number of carbonyl (C=O) groups excluding carboxylic acids is 1. The van der Waals surface area contributed by atoms with Crippen LogP contribution >= 0.6 is 0 Å². The van der Waals surface area contributed by atoms with Crippen LogP contribution in [0.5, 0.6) is 0 Å². The van der Waals surface area contributed by atoms with Crippen LogP contribution in [0.15, 0.2) is 61.2 Å². The molecule has 2 aromatic rings. The average Bonchev–Trinajstić information content (AvgIpc) is 2.52. The Morgan fingerprint density at radius 1 is 1.00 bits per heavy atom. The summed E-state index contributed by atoms with van der Waals surface area (Å²) in [5.41, 5.74) is 9.53. The molecule has 2 N–H and O–H groups in total. The van der Waals surface area contributed by atoms with Gasteiger partial charge in [0.25, 0.3) is 0 Å². The highest BCUT2D eigenvalue weighted by Crippen LogP contribution is 2.09. The lowest BCUT2D eigenvalue weighted by Crippen LogP contribution is -2.35. The van der Waals surface area contributed by atoms with Gasteiger partial charge in [-0.1, -0.05) is 66.7 Å². The summed E-state index contributed by atoms with van der Waals surface area (Å²) in [7, 11) is 0. The maximum atomic E-state index is 11.8. The molecule has 0 unspecified atom stereocenters. The summed E-state index contributed by atoms with van der Waals surface area (Å²) < 4.78 is 0. The van der Waals surface area contributed by atoms with E-state index in [-0.39, 0.29) is 5.91 Å². The van der Waals surface area contributed by atoms with Crippen LogP contribution in [-0.2, 0) is 11.2 Å². The van der Waals surface area contributed by atoms with Crippen LogP contribution in [0, 0.1) is 6.92 Å². The second kappa shape index (κ2) is 7.29. The first-order chi connectivity index (χ1) is 10.1. The Morgan fingerprint density at radius 3 is 2.33 bits per heavy atom. The predicted octanol–water partition coefficient (Wildman–Crippen LogP) is 3.22. The SMILES string of the molecule is C=C(NNC(=O)CCc1ccccc1)c1ccc(C)cc1. The Bertz CT molecular complexity index is 603. The molecule has 108 valence electrons. The molecule has 2 aromatic carbocycles. The van der Waals surface area contributed by atoms with Gasteiger partial charge >= 0.3 is 0 Å². The predicted molar refractivity (Wildman–Crippen MR) is 86.3 cm³/mol. The number of hydrogen-bond acceptors (Lipinski definition) is 2. The summed E-state index contributed by atoms with van der Waals surface area (Å²) in [5.74, 6) is -0.0490. The normalized spacial score (nSPS) is 9.95. The van der Waals surface area contributed by atoms with E-state index in [1.165, 1.54) is 5.56 Å². The first-order valence-corrected chi connectivity index (χ1v) is 7.00. The number of benzene rings is 2. The van der Waals surface area contributed by atoms with Gasteiger partial charge < -0.3 is 0 Å².